The van der Waals surface area contributed by atoms with Crippen molar-refractivity contribution in [1.29, 1.82) is 0 Å². The van der Waals surface area contributed by atoms with E-state index in [1.54, 1.807) is 55.7 Å². The van der Waals surface area contributed by atoms with Crippen LogP contribution in [0.5, 0.6) is 0 Å². The predicted octanol–water partition coefficient (Wildman–Crippen LogP) is 12.4. The molecule has 39 heavy (non-hydrogen) atoms. The third-order valence-corrected chi connectivity index (χ3v) is 17.3. The van der Waals surface area contributed by atoms with Crippen LogP contribution in [0.3, 0.4) is 0 Å². The maximum atomic E-state index is 2.82. The molecule has 0 saturated carbocycles. The van der Waals surface area contributed by atoms with E-state index >= 15 is 0 Å². The first-order chi connectivity index (χ1) is 18.3. The summed E-state index contributed by atoms with van der Waals surface area (Å²) in [7, 11) is 0. The zero-order valence-corrected chi connectivity index (χ0v) is 28.7. The Balaban J connectivity index is 1.85. The van der Waals surface area contributed by atoms with E-state index in [2.05, 4.69) is 104 Å². The maximum absolute atomic E-state index is 2.82. The zero-order chi connectivity index (χ0) is 28.5. The molecular formula is C38H54Ti. The first-order valence-electron chi connectivity index (χ1n) is 16.1. The Hall–Kier alpha value is -1.37. The number of rotatable bonds is 6. The number of hydrogen-bond donors (Lipinski definition) is 0. The SMILES string of the molecule is CCC1=C2CCC3=C(CC)[CH](c4cc(C(C)C)cc(C(C)C)c43)[Ti]([CH3])([CH3])[CH]1c1cc(C(C)C)cc(C(C)C)c12. The van der Waals surface area contributed by atoms with E-state index < -0.39 is 16.6 Å². The molecule has 1 aliphatic heterocycles. The van der Waals surface area contributed by atoms with Crippen LogP contribution in [0.1, 0.15) is 172 Å². The fraction of sp³-hybridized carbons (Fsp3) is 0.579. The van der Waals surface area contributed by atoms with Gasteiger partial charge in [0.25, 0.3) is 0 Å². The van der Waals surface area contributed by atoms with E-state index in [9.17, 15) is 0 Å². The molecule has 0 N–H and O–H groups in total. The fourth-order valence-electron chi connectivity index (χ4n) is 8.72. The van der Waals surface area contributed by atoms with Crippen molar-refractivity contribution in [3.05, 3.63) is 79.9 Å². The van der Waals surface area contributed by atoms with Crippen LogP contribution >= 0.6 is 0 Å². The number of benzene rings is 2. The van der Waals surface area contributed by atoms with Crippen LogP contribution in [0.15, 0.2) is 35.4 Å². The Labute approximate surface area is 244 Å². The van der Waals surface area contributed by atoms with Crippen LogP contribution in [-0.2, 0) is 16.6 Å². The van der Waals surface area contributed by atoms with E-state index in [-0.39, 0.29) is 0 Å². The molecule has 3 aliphatic rings. The molecule has 0 amide bonds. The molecule has 2 aromatic carbocycles. The molecule has 0 radical (unpaired) electrons. The predicted molar refractivity (Wildman–Crippen MR) is 170 cm³/mol. The first-order valence-corrected chi connectivity index (χ1v) is 21.1. The normalized spacial score (nSPS) is 21.7. The van der Waals surface area contributed by atoms with Crippen LogP contribution in [0.2, 0.25) is 10.5 Å². The summed E-state index contributed by atoms with van der Waals surface area (Å²) in [6.07, 6.45) is 4.83. The average molecular weight is 559 g/mol. The Kier molecular flexibility index (Phi) is 7.83. The Morgan fingerprint density at radius 3 is 1.23 bits per heavy atom. The molecule has 1 heteroatoms. The summed E-state index contributed by atoms with van der Waals surface area (Å²) >= 11 is -2.60. The van der Waals surface area contributed by atoms with Crippen molar-refractivity contribution in [3.8, 4) is 0 Å². The summed E-state index contributed by atoms with van der Waals surface area (Å²) < 4.78 is 1.33. The van der Waals surface area contributed by atoms with Gasteiger partial charge in [0.05, 0.1) is 0 Å². The third-order valence-electron chi connectivity index (χ3n) is 10.6. The molecule has 2 aliphatic carbocycles. The summed E-state index contributed by atoms with van der Waals surface area (Å²) in [4.78, 5) is 0. The van der Waals surface area contributed by atoms with Crippen molar-refractivity contribution < 1.29 is 16.6 Å². The first kappa shape index (κ1) is 29.1. The van der Waals surface area contributed by atoms with Gasteiger partial charge in [-0.15, -0.1) is 0 Å². The second-order valence-corrected chi connectivity index (χ2v) is 22.2. The Morgan fingerprint density at radius 1 is 0.590 bits per heavy atom. The van der Waals surface area contributed by atoms with Gasteiger partial charge in [0.15, 0.2) is 0 Å². The van der Waals surface area contributed by atoms with Crippen LogP contribution in [-0.4, -0.2) is 0 Å². The van der Waals surface area contributed by atoms with Gasteiger partial charge in [-0.3, -0.25) is 0 Å². The summed E-state index contributed by atoms with van der Waals surface area (Å²) in [5.41, 5.74) is 20.3. The van der Waals surface area contributed by atoms with Gasteiger partial charge in [0.1, 0.15) is 0 Å². The molecule has 0 aromatic heterocycles. The standard InChI is InChI=1S/C36H48.2CH3.Ti/c1-11-25-15-29-17-27(21(3)4)19-33(23(7)8)35(29)31(25)13-14-32-26(12-2)16-30-18-28(22(5)6)20-34(24(9)10)36(30)32;;;/h15-24H,11-14H2,1-10H3;2*1H3;. The van der Waals surface area contributed by atoms with Crippen LogP contribution < -0.4 is 0 Å². The van der Waals surface area contributed by atoms with E-state index in [0.717, 1.165) is 0 Å². The average Bonchev–Trinajstić information content (AvgIpc) is 3.38. The molecule has 210 valence electrons. The van der Waals surface area contributed by atoms with E-state index in [1.807, 2.05) is 11.1 Å². The van der Waals surface area contributed by atoms with Gasteiger partial charge in [-0.1, -0.05) is 0 Å². The van der Waals surface area contributed by atoms with Crippen molar-refractivity contribution in [3.63, 3.8) is 0 Å². The number of fused-ring (bicyclic) bond motifs is 8. The molecule has 0 nitrogen and oxygen atoms in total. The zero-order valence-electron chi connectivity index (χ0n) is 27.1. The van der Waals surface area contributed by atoms with Gasteiger partial charge in [0.2, 0.25) is 0 Å². The summed E-state index contributed by atoms with van der Waals surface area (Å²) in [5.74, 6) is 2.25. The molecule has 2 unspecified atom stereocenters. The fourth-order valence-corrected chi connectivity index (χ4v) is 16.4. The Morgan fingerprint density at radius 2 is 0.949 bits per heavy atom. The minimum atomic E-state index is -2.60. The van der Waals surface area contributed by atoms with Crippen LogP contribution in [0, 0.1) is 0 Å². The quantitative estimate of drug-likeness (QED) is 0.309. The van der Waals surface area contributed by atoms with Gasteiger partial charge in [-0.25, -0.2) is 0 Å². The summed E-state index contributed by atoms with van der Waals surface area (Å²) in [6.45, 7) is 24.2. The van der Waals surface area contributed by atoms with Gasteiger partial charge < -0.3 is 0 Å². The van der Waals surface area contributed by atoms with Gasteiger partial charge in [-0.2, -0.15) is 0 Å². The molecular weight excluding hydrogens is 504 g/mol. The number of hydrogen-bond acceptors (Lipinski definition) is 0. The van der Waals surface area contributed by atoms with Gasteiger partial charge in [-0.05, 0) is 0 Å². The van der Waals surface area contributed by atoms with Crippen molar-refractivity contribution in [1.82, 2.24) is 0 Å². The third kappa shape index (κ3) is 4.43. The monoisotopic (exact) mass is 558 g/mol. The van der Waals surface area contributed by atoms with E-state index in [1.165, 1.54) is 25.7 Å². The molecule has 4 bridgehead atoms. The van der Waals surface area contributed by atoms with Crippen molar-refractivity contribution in [2.45, 2.75) is 137 Å². The Bertz CT molecular complexity index is 1250. The molecule has 0 saturated heterocycles. The van der Waals surface area contributed by atoms with Gasteiger partial charge >= 0.3 is 245 Å². The minimum absolute atomic E-state index is 0.559. The van der Waals surface area contributed by atoms with Crippen LogP contribution in [0.25, 0.3) is 11.1 Å². The molecule has 2 aromatic rings. The second kappa shape index (κ2) is 10.5. The van der Waals surface area contributed by atoms with Crippen molar-refractivity contribution in [2.75, 3.05) is 0 Å². The second-order valence-electron chi connectivity index (χ2n) is 14.7. The molecule has 0 spiro atoms. The summed E-state index contributed by atoms with van der Waals surface area (Å²) in [6, 6.07) is 10.5. The van der Waals surface area contributed by atoms with Gasteiger partial charge in [0, 0.05) is 0 Å². The van der Waals surface area contributed by atoms with E-state index in [4.69, 9.17) is 0 Å². The molecule has 1 heterocycles. The van der Waals surface area contributed by atoms with E-state index in [0.29, 0.717) is 32.1 Å². The number of allylic oxidation sites excluding steroid dienone is 4. The van der Waals surface area contributed by atoms with Crippen LogP contribution in [0.4, 0.5) is 0 Å². The van der Waals surface area contributed by atoms with Crippen molar-refractivity contribution >= 4 is 11.1 Å². The molecule has 5 rings (SSSR count). The molecule has 2 atom stereocenters. The van der Waals surface area contributed by atoms with Crippen molar-refractivity contribution in [2.24, 2.45) is 0 Å². The summed E-state index contributed by atoms with van der Waals surface area (Å²) in [5, 5.41) is 5.64. The topological polar surface area (TPSA) is 0 Å². The molecule has 0 fully saturated rings.